The molecule has 11 nitrogen and oxygen atoms in total. The van der Waals surface area contributed by atoms with E-state index in [1.165, 1.54) is 0 Å². The van der Waals surface area contributed by atoms with Gasteiger partial charge in [0, 0.05) is 89.1 Å². The molecule has 7 rings (SSSR count). The minimum Gasteiger partial charge on any atom is -0.497 e. The zero-order valence-corrected chi connectivity index (χ0v) is 28.1. The first kappa shape index (κ1) is 32.7. The van der Waals surface area contributed by atoms with Gasteiger partial charge in [-0.15, -0.1) is 0 Å². The van der Waals surface area contributed by atoms with Crippen molar-refractivity contribution in [2.24, 2.45) is 34.5 Å². The summed E-state index contributed by atoms with van der Waals surface area (Å²) < 4.78 is 44.0. The highest BCUT2D eigenvalue weighted by Crippen LogP contribution is 2.80. The summed E-state index contributed by atoms with van der Waals surface area (Å²) in [6, 6.07) is 6.79. The molecule has 6 aliphatic rings. The van der Waals surface area contributed by atoms with E-state index < -0.39 is 46.3 Å². The van der Waals surface area contributed by atoms with Gasteiger partial charge in [0.2, 0.25) is 0 Å². The minimum atomic E-state index is -1.46. The van der Waals surface area contributed by atoms with Crippen molar-refractivity contribution in [2.75, 3.05) is 61.9 Å². The number of carbonyl (C=O) groups is 1. The maximum Gasteiger partial charge on any atom is 0.338 e. The Morgan fingerprint density at radius 3 is 2.28 bits per heavy atom. The maximum absolute atomic E-state index is 13.9. The Bertz CT molecular complexity index is 1310. The lowest BCUT2D eigenvalue weighted by Crippen LogP contribution is -2.79. The molecular weight excluding hydrogens is 594 g/mol. The second-order valence-electron chi connectivity index (χ2n) is 14.6. The van der Waals surface area contributed by atoms with Crippen molar-refractivity contribution < 1.29 is 48.2 Å². The molecule has 1 aromatic rings. The zero-order valence-electron chi connectivity index (χ0n) is 28.1. The van der Waals surface area contributed by atoms with Crippen LogP contribution < -0.4 is 4.74 Å². The number of hydrogen-bond donors (Lipinski definition) is 2. The number of fused-ring (bicyclic) bond motifs is 2. The number of aliphatic hydroxyl groups excluding tert-OH is 1. The molecule has 1 aliphatic heterocycles. The van der Waals surface area contributed by atoms with E-state index >= 15 is 0 Å². The molecule has 1 saturated heterocycles. The van der Waals surface area contributed by atoms with Crippen LogP contribution in [0.15, 0.2) is 24.3 Å². The molecule has 11 heteroatoms. The third kappa shape index (κ3) is 3.80. The molecule has 6 fully saturated rings. The average molecular weight is 646 g/mol. The molecule has 46 heavy (non-hydrogen) atoms. The number of likely N-dealkylation sites (tertiary alicyclic amines) is 1. The van der Waals surface area contributed by atoms with Crippen LogP contribution in [0.3, 0.4) is 0 Å². The highest BCUT2D eigenvalue weighted by molar-refractivity contribution is 5.89. The molecule has 5 saturated carbocycles. The van der Waals surface area contributed by atoms with Gasteiger partial charge in [0.15, 0.2) is 0 Å². The van der Waals surface area contributed by atoms with Gasteiger partial charge in [0.05, 0.1) is 49.3 Å². The Balaban J connectivity index is 1.45. The molecule has 1 spiro atoms. The molecule has 1 unspecified atom stereocenters. The number of esters is 1. The van der Waals surface area contributed by atoms with E-state index in [1.54, 1.807) is 59.8 Å². The van der Waals surface area contributed by atoms with Gasteiger partial charge in [-0.2, -0.15) is 0 Å². The van der Waals surface area contributed by atoms with E-state index in [0.29, 0.717) is 50.3 Å². The van der Waals surface area contributed by atoms with E-state index in [0.717, 1.165) is 6.54 Å². The fourth-order valence-corrected chi connectivity index (χ4v) is 12.5. The normalized spacial score (nSPS) is 48.4. The lowest BCUT2D eigenvalue weighted by molar-refractivity contribution is -0.304. The van der Waals surface area contributed by atoms with Gasteiger partial charge >= 0.3 is 5.97 Å². The Hall–Kier alpha value is -1.83. The van der Waals surface area contributed by atoms with Crippen molar-refractivity contribution in [3.63, 3.8) is 0 Å². The number of carbonyl (C=O) groups excluding carboxylic acids is 1. The standard InChI is InChI=1S/C35H51NO10/c1-8-36-17-32(18-40-3)22(37)14-23(42-5)35-21-15-33(39)24(43-6)16-34(45-9-2,26(29(35)36)27(44-7)28(32)35)25(21)30(33)46-31(38)19-10-12-20(41-4)13-11-19/h10-13,21-30,37,39H,8-9,14-18H2,1-7H3/t21-,22-,23?,24+,25-,26+,27+,28-,29-,30-,32+,33-,34-,35+/m1/s1. The largest absolute Gasteiger partial charge is 0.497 e. The van der Waals surface area contributed by atoms with Crippen LogP contribution in [0.1, 0.15) is 43.5 Å². The van der Waals surface area contributed by atoms with Crippen LogP contribution in [-0.4, -0.2) is 131 Å². The highest BCUT2D eigenvalue weighted by Gasteiger charge is 2.90. The lowest BCUT2D eigenvalue weighted by atomic mass is 9.42. The van der Waals surface area contributed by atoms with Crippen LogP contribution in [-0.2, 0) is 28.4 Å². The Kier molecular flexibility index (Phi) is 8.08. The van der Waals surface area contributed by atoms with E-state index in [1.807, 2.05) is 6.92 Å². The van der Waals surface area contributed by atoms with Crippen LogP contribution in [0.5, 0.6) is 5.75 Å². The molecule has 14 atom stereocenters. The van der Waals surface area contributed by atoms with Gasteiger partial charge in [-0.1, -0.05) is 6.92 Å². The molecule has 0 radical (unpaired) electrons. The van der Waals surface area contributed by atoms with Crippen molar-refractivity contribution in [3.8, 4) is 5.75 Å². The topological polar surface area (TPSA) is 125 Å². The summed E-state index contributed by atoms with van der Waals surface area (Å²) in [6.45, 7) is 6.38. The van der Waals surface area contributed by atoms with Crippen molar-refractivity contribution >= 4 is 5.97 Å². The summed E-state index contributed by atoms with van der Waals surface area (Å²) in [5.41, 5.74) is -3.11. The van der Waals surface area contributed by atoms with E-state index in [4.69, 9.17) is 33.2 Å². The van der Waals surface area contributed by atoms with Crippen molar-refractivity contribution in [3.05, 3.63) is 29.8 Å². The number of aliphatic hydroxyl groups is 2. The highest BCUT2D eigenvalue weighted by atomic mass is 16.6. The van der Waals surface area contributed by atoms with Crippen LogP contribution in [0, 0.1) is 34.5 Å². The second-order valence-corrected chi connectivity index (χ2v) is 14.6. The summed E-state index contributed by atoms with van der Waals surface area (Å²) >= 11 is 0. The Morgan fingerprint density at radius 1 is 0.978 bits per heavy atom. The minimum absolute atomic E-state index is 0.0152. The van der Waals surface area contributed by atoms with Gasteiger partial charge in [-0.3, -0.25) is 4.90 Å². The summed E-state index contributed by atoms with van der Waals surface area (Å²) in [4.78, 5) is 16.4. The third-order valence-electron chi connectivity index (χ3n) is 13.5. The van der Waals surface area contributed by atoms with Gasteiger partial charge in [-0.05, 0) is 50.1 Å². The SMILES string of the molecule is CCO[C@]12C[C@H](OC)[C@]3(O)C[C@H]([C@@H]1[C@H]3OC(=O)c1ccc(OC)cc1)[C@@]13C(OC)C[C@@H](O)[C@@]4(COC)CN(CC)[C@@H]1[C@@H]2[C@H](OC)[C@H]43. The quantitative estimate of drug-likeness (QED) is 0.344. The number of rotatable bonds is 11. The molecule has 1 aromatic carbocycles. The van der Waals surface area contributed by atoms with E-state index in [-0.39, 0.29) is 41.9 Å². The smallest absolute Gasteiger partial charge is 0.338 e. The second kappa shape index (κ2) is 11.4. The number of hydrogen-bond acceptors (Lipinski definition) is 11. The molecule has 0 amide bonds. The lowest BCUT2D eigenvalue weighted by Gasteiger charge is -2.70. The molecular formula is C35H51NO10. The van der Waals surface area contributed by atoms with Crippen LogP contribution in [0.4, 0.5) is 0 Å². The predicted molar refractivity (Wildman–Crippen MR) is 165 cm³/mol. The molecule has 0 aromatic heterocycles. The maximum atomic E-state index is 13.9. The van der Waals surface area contributed by atoms with Crippen molar-refractivity contribution in [1.29, 1.82) is 0 Å². The monoisotopic (exact) mass is 645 g/mol. The van der Waals surface area contributed by atoms with Gasteiger partial charge in [-0.25, -0.2) is 4.79 Å². The first-order valence-corrected chi connectivity index (χ1v) is 16.8. The predicted octanol–water partition coefficient (Wildman–Crippen LogP) is 2.16. The zero-order chi connectivity index (χ0) is 32.8. The molecule has 1 heterocycles. The first-order valence-electron chi connectivity index (χ1n) is 16.8. The summed E-state index contributed by atoms with van der Waals surface area (Å²) in [5, 5.41) is 24.9. The van der Waals surface area contributed by atoms with E-state index in [9.17, 15) is 15.0 Å². The van der Waals surface area contributed by atoms with E-state index in [2.05, 4.69) is 11.8 Å². The van der Waals surface area contributed by atoms with Crippen molar-refractivity contribution in [2.45, 2.75) is 80.9 Å². The van der Waals surface area contributed by atoms with Crippen LogP contribution in [0.25, 0.3) is 0 Å². The first-order chi connectivity index (χ1) is 22.1. The van der Waals surface area contributed by atoms with Gasteiger partial charge in [0.1, 0.15) is 17.5 Å². The van der Waals surface area contributed by atoms with Gasteiger partial charge in [0.25, 0.3) is 0 Å². The number of nitrogens with zero attached hydrogens (tertiary/aromatic N) is 1. The molecule has 7 bridgehead atoms. The number of methoxy groups -OCH3 is 5. The average Bonchev–Trinajstić information content (AvgIpc) is 3.43. The van der Waals surface area contributed by atoms with Gasteiger partial charge < -0.3 is 43.4 Å². The molecule has 256 valence electrons. The Labute approximate surface area is 271 Å². The summed E-state index contributed by atoms with van der Waals surface area (Å²) in [5.74, 6) is -0.750. The fourth-order valence-electron chi connectivity index (χ4n) is 12.5. The fraction of sp³-hybridized carbons (Fsp3) is 0.800. The number of piperidine rings is 1. The summed E-state index contributed by atoms with van der Waals surface area (Å²) in [7, 11) is 8.39. The summed E-state index contributed by atoms with van der Waals surface area (Å²) in [6.07, 6.45) is -1.63. The van der Waals surface area contributed by atoms with Crippen molar-refractivity contribution in [1.82, 2.24) is 4.90 Å². The number of ether oxygens (including phenoxy) is 7. The molecule has 2 N–H and O–H groups in total. The van der Waals surface area contributed by atoms with Crippen LogP contribution in [0.2, 0.25) is 0 Å². The molecule has 5 aliphatic carbocycles. The van der Waals surface area contributed by atoms with Crippen LogP contribution >= 0.6 is 0 Å². The Morgan fingerprint density at radius 2 is 1.70 bits per heavy atom. The number of benzene rings is 1. The third-order valence-corrected chi connectivity index (χ3v) is 13.5.